The molecule has 0 aliphatic carbocycles. The molecule has 100 valence electrons. The molecule has 1 atom stereocenters. The predicted octanol–water partition coefficient (Wildman–Crippen LogP) is 0.932. The van der Waals surface area contributed by atoms with Gasteiger partial charge in [0.25, 0.3) is 0 Å². The van der Waals surface area contributed by atoms with E-state index in [0.717, 1.165) is 11.3 Å². The molecule has 5 N–H and O–H groups in total. The van der Waals surface area contributed by atoms with Crippen LogP contribution >= 0.6 is 0 Å². The van der Waals surface area contributed by atoms with E-state index in [1.807, 2.05) is 6.92 Å². The van der Waals surface area contributed by atoms with Gasteiger partial charge >= 0.3 is 0 Å². The number of hydrogen-bond donors (Lipinski definition) is 4. The first-order valence-corrected chi connectivity index (χ1v) is 5.91. The fourth-order valence-corrected chi connectivity index (χ4v) is 1.68. The number of phenolic OH excluding ortho intramolecular Hbond substituents is 1. The molecule has 0 fully saturated rings. The molecule has 6 heteroatoms. The van der Waals surface area contributed by atoms with Crippen LogP contribution in [0.25, 0.3) is 0 Å². The van der Waals surface area contributed by atoms with Crippen molar-refractivity contribution in [1.29, 1.82) is 0 Å². The second-order valence-electron chi connectivity index (χ2n) is 4.40. The fourth-order valence-electron chi connectivity index (χ4n) is 1.68. The van der Waals surface area contributed by atoms with Crippen molar-refractivity contribution in [2.24, 2.45) is 5.73 Å². The van der Waals surface area contributed by atoms with Crippen LogP contribution in [0.4, 0.5) is 5.82 Å². The maximum Gasteiger partial charge on any atom is 0.242 e. The molecule has 0 aliphatic rings. The van der Waals surface area contributed by atoms with E-state index in [1.54, 1.807) is 30.3 Å². The number of phenols is 1. The standard InChI is InChI=1S/C13H16N4O2/c1-8-6-12(17-16-8)15-13(19)11(14)7-9-2-4-10(18)5-3-9/h2-6,11,18H,7,14H2,1H3,(H2,15,16,17,19)/t11-/m1/s1. The van der Waals surface area contributed by atoms with Crippen LogP contribution in [0.15, 0.2) is 30.3 Å². The van der Waals surface area contributed by atoms with E-state index in [-0.39, 0.29) is 11.7 Å². The lowest BCUT2D eigenvalue weighted by atomic mass is 10.1. The number of nitrogens with two attached hydrogens (primary N) is 1. The quantitative estimate of drug-likeness (QED) is 0.656. The Bertz CT molecular complexity index is 562. The molecule has 2 aromatic rings. The first-order chi connectivity index (χ1) is 9.04. The molecule has 0 radical (unpaired) electrons. The van der Waals surface area contributed by atoms with E-state index in [0.29, 0.717) is 12.2 Å². The Labute approximate surface area is 110 Å². The third kappa shape index (κ3) is 3.56. The molecule has 0 unspecified atom stereocenters. The van der Waals surface area contributed by atoms with Gasteiger partial charge in [0.2, 0.25) is 5.91 Å². The van der Waals surface area contributed by atoms with Crippen molar-refractivity contribution < 1.29 is 9.90 Å². The van der Waals surface area contributed by atoms with Crippen LogP contribution in [-0.4, -0.2) is 27.3 Å². The molecule has 2 rings (SSSR count). The Hall–Kier alpha value is -2.34. The van der Waals surface area contributed by atoms with Crippen molar-refractivity contribution in [2.45, 2.75) is 19.4 Å². The summed E-state index contributed by atoms with van der Waals surface area (Å²) in [5.41, 5.74) is 7.58. The Morgan fingerprint density at radius 1 is 1.47 bits per heavy atom. The summed E-state index contributed by atoms with van der Waals surface area (Å²) in [5.74, 6) is 0.358. The van der Waals surface area contributed by atoms with Crippen molar-refractivity contribution in [2.75, 3.05) is 5.32 Å². The number of nitrogens with zero attached hydrogens (tertiary/aromatic N) is 1. The Kier molecular flexibility index (Phi) is 3.82. The lowest BCUT2D eigenvalue weighted by Crippen LogP contribution is -2.37. The van der Waals surface area contributed by atoms with Crippen molar-refractivity contribution in [3.8, 4) is 5.75 Å². The van der Waals surface area contributed by atoms with Crippen LogP contribution < -0.4 is 11.1 Å². The summed E-state index contributed by atoms with van der Waals surface area (Å²) in [7, 11) is 0. The monoisotopic (exact) mass is 260 g/mol. The van der Waals surface area contributed by atoms with Crippen molar-refractivity contribution >= 4 is 11.7 Å². The fraction of sp³-hybridized carbons (Fsp3) is 0.231. The molecule has 0 bridgehead atoms. The van der Waals surface area contributed by atoms with Crippen LogP contribution in [0.2, 0.25) is 0 Å². The summed E-state index contributed by atoms with van der Waals surface area (Å²) in [4.78, 5) is 11.9. The molecule has 1 aromatic carbocycles. The molecule has 6 nitrogen and oxygen atoms in total. The van der Waals surface area contributed by atoms with Gasteiger partial charge in [-0.3, -0.25) is 9.89 Å². The Balaban J connectivity index is 1.94. The molecule has 0 saturated heterocycles. The van der Waals surface area contributed by atoms with Gasteiger partial charge in [0.15, 0.2) is 5.82 Å². The van der Waals surface area contributed by atoms with Crippen LogP contribution in [0.5, 0.6) is 5.75 Å². The lowest BCUT2D eigenvalue weighted by Gasteiger charge is -2.10. The lowest BCUT2D eigenvalue weighted by molar-refractivity contribution is -0.117. The smallest absolute Gasteiger partial charge is 0.242 e. The van der Waals surface area contributed by atoms with E-state index in [4.69, 9.17) is 5.73 Å². The van der Waals surface area contributed by atoms with Crippen molar-refractivity contribution in [1.82, 2.24) is 10.2 Å². The van der Waals surface area contributed by atoms with Crippen LogP contribution in [-0.2, 0) is 11.2 Å². The minimum atomic E-state index is -0.665. The number of benzene rings is 1. The van der Waals surface area contributed by atoms with Crippen LogP contribution in [0.1, 0.15) is 11.3 Å². The summed E-state index contributed by atoms with van der Waals surface area (Å²) < 4.78 is 0. The van der Waals surface area contributed by atoms with Gasteiger partial charge in [0.05, 0.1) is 6.04 Å². The number of H-pyrrole nitrogens is 1. The number of aromatic amines is 1. The third-order valence-corrected chi connectivity index (χ3v) is 2.69. The largest absolute Gasteiger partial charge is 0.508 e. The highest BCUT2D eigenvalue weighted by atomic mass is 16.3. The molecule has 0 saturated carbocycles. The molecule has 0 aliphatic heterocycles. The van der Waals surface area contributed by atoms with Gasteiger partial charge in [0.1, 0.15) is 5.75 Å². The summed E-state index contributed by atoms with van der Waals surface area (Å²) in [6.07, 6.45) is 0.398. The number of aryl methyl sites for hydroxylation is 1. The number of hydrogen-bond acceptors (Lipinski definition) is 4. The average molecular weight is 260 g/mol. The highest BCUT2D eigenvalue weighted by Gasteiger charge is 2.15. The van der Waals surface area contributed by atoms with Gasteiger partial charge in [-0.15, -0.1) is 0 Å². The number of anilines is 1. The summed E-state index contributed by atoms with van der Waals surface area (Å²) >= 11 is 0. The zero-order chi connectivity index (χ0) is 13.8. The predicted molar refractivity (Wildman–Crippen MR) is 71.7 cm³/mol. The van der Waals surface area contributed by atoms with Gasteiger partial charge in [-0.2, -0.15) is 5.10 Å². The highest BCUT2D eigenvalue weighted by molar-refractivity contribution is 5.94. The first-order valence-electron chi connectivity index (χ1n) is 5.91. The van der Waals surface area contributed by atoms with Gasteiger partial charge in [-0.05, 0) is 31.0 Å². The Morgan fingerprint density at radius 3 is 2.74 bits per heavy atom. The van der Waals surface area contributed by atoms with Gasteiger partial charge in [-0.1, -0.05) is 12.1 Å². The molecule has 19 heavy (non-hydrogen) atoms. The van der Waals surface area contributed by atoms with E-state index < -0.39 is 6.04 Å². The van der Waals surface area contributed by atoms with E-state index in [1.165, 1.54) is 0 Å². The minimum absolute atomic E-state index is 0.189. The number of amides is 1. The van der Waals surface area contributed by atoms with E-state index in [2.05, 4.69) is 15.5 Å². The summed E-state index contributed by atoms with van der Waals surface area (Å²) in [6, 6.07) is 7.67. The first kappa shape index (κ1) is 13.1. The number of aromatic nitrogens is 2. The number of rotatable bonds is 4. The molecule has 1 heterocycles. The van der Waals surface area contributed by atoms with E-state index in [9.17, 15) is 9.90 Å². The molecular formula is C13H16N4O2. The maximum atomic E-state index is 11.9. The van der Waals surface area contributed by atoms with Crippen molar-refractivity contribution in [3.63, 3.8) is 0 Å². The number of carbonyl (C=O) groups is 1. The summed E-state index contributed by atoms with van der Waals surface area (Å²) in [5, 5.41) is 18.5. The number of carbonyl (C=O) groups excluding carboxylic acids is 1. The number of nitrogens with one attached hydrogen (secondary N) is 2. The SMILES string of the molecule is Cc1cc(NC(=O)[C@H](N)Cc2ccc(O)cc2)n[nH]1. The number of aromatic hydroxyl groups is 1. The zero-order valence-electron chi connectivity index (χ0n) is 10.6. The summed E-state index contributed by atoms with van der Waals surface area (Å²) in [6.45, 7) is 1.85. The average Bonchev–Trinajstić information content (AvgIpc) is 2.77. The molecule has 1 amide bonds. The van der Waals surface area contributed by atoms with Gasteiger partial charge in [0, 0.05) is 11.8 Å². The second kappa shape index (κ2) is 5.53. The highest BCUT2D eigenvalue weighted by Crippen LogP contribution is 2.11. The second-order valence-corrected chi connectivity index (χ2v) is 4.40. The van der Waals surface area contributed by atoms with Crippen LogP contribution in [0, 0.1) is 6.92 Å². The van der Waals surface area contributed by atoms with Gasteiger partial charge in [-0.25, -0.2) is 0 Å². The molecular weight excluding hydrogens is 244 g/mol. The molecule has 0 spiro atoms. The normalized spacial score (nSPS) is 12.1. The minimum Gasteiger partial charge on any atom is -0.508 e. The maximum absolute atomic E-state index is 11.9. The topological polar surface area (TPSA) is 104 Å². The van der Waals surface area contributed by atoms with Gasteiger partial charge < -0.3 is 16.2 Å². The van der Waals surface area contributed by atoms with E-state index >= 15 is 0 Å². The third-order valence-electron chi connectivity index (χ3n) is 2.69. The zero-order valence-corrected chi connectivity index (χ0v) is 10.6. The van der Waals surface area contributed by atoms with Crippen LogP contribution in [0.3, 0.4) is 0 Å². The Morgan fingerprint density at radius 2 is 2.16 bits per heavy atom. The molecule has 1 aromatic heterocycles. The van der Waals surface area contributed by atoms with Crippen molar-refractivity contribution in [3.05, 3.63) is 41.6 Å².